The second-order valence-corrected chi connectivity index (χ2v) is 7.71. The highest BCUT2D eigenvalue weighted by atomic mass is 19.4. The molecule has 1 aromatic carbocycles. The van der Waals surface area contributed by atoms with Gasteiger partial charge in [-0.15, -0.1) is 0 Å². The second kappa shape index (κ2) is 8.61. The summed E-state index contributed by atoms with van der Waals surface area (Å²) < 4.78 is 39.6. The van der Waals surface area contributed by atoms with Crippen molar-refractivity contribution in [3.05, 3.63) is 35.4 Å². The van der Waals surface area contributed by atoms with Gasteiger partial charge in [0.2, 0.25) is 5.91 Å². The number of amides is 3. The lowest BCUT2D eigenvalue weighted by molar-refractivity contribution is -0.137. The molecule has 2 heterocycles. The van der Waals surface area contributed by atoms with E-state index in [-0.39, 0.29) is 25.0 Å². The molecule has 2 atom stereocenters. The molecule has 0 radical (unpaired) electrons. The minimum atomic E-state index is -4.45. The molecule has 3 amide bonds. The highest BCUT2D eigenvalue weighted by Crippen LogP contribution is 2.37. The molecular formula is C20H27F3N4O2. The zero-order chi connectivity index (χ0) is 21.2. The van der Waals surface area contributed by atoms with Crippen molar-refractivity contribution in [2.24, 2.45) is 5.92 Å². The molecule has 1 N–H and O–H groups in total. The van der Waals surface area contributed by atoms with Gasteiger partial charge in [-0.3, -0.25) is 4.79 Å². The van der Waals surface area contributed by atoms with Crippen LogP contribution in [0.2, 0.25) is 0 Å². The van der Waals surface area contributed by atoms with Gasteiger partial charge in [0.05, 0.1) is 11.5 Å². The van der Waals surface area contributed by atoms with Gasteiger partial charge in [0.15, 0.2) is 0 Å². The minimum Gasteiger partial charge on any atom is -0.340 e. The van der Waals surface area contributed by atoms with Gasteiger partial charge < -0.3 is 20.0 Å². The largest absolute Gasteiger partial charge is 0.416 e. The summed E-state index contributed by atoms with van der Waals surface area (Å²) in [6, 6.07) is 4.82. The molecule has 2 fully saturated rings. The number of urea groups is 1. The van der Waals surface area contributed by atoms with Crippen LogP contribution >= 0.6 is 0 Å². The number of nitrogens with zero attached hydrogens (tertiary/aromatic N) is 3. The lowest BCUT2D eigenvalue weighted by Gasteiger charge is -2.35. The van der Waals surface area contributed by atoms with Gasteiger partial charge in [0.1, 0.15) is 0 Å². The monoisotopic (exact) mass is 412 g/mol. The number of halogens is 3. The van der Waals surface area contributed by atoms with E-state index in [0.717, 1.165) is 25.2 Å². The molecule has 0 spiro atoms. The zero-order valence-corrected chi connectivity index (χ0v) is 16.7. The van der Waals surface area contributed by atoms with Crippen molar-refractivity contribution in [1.82, 2.24) is 20.0 Å². The first-order chi connectivity index (χ1) is 13.7. The van der Waals surface area contributed by atoms with Crippen molar-refractivity contribution in [1.29, 1.82) is 0 Å². The van der Waals surface area contributed by atoms with E-state index in [1.165, 1.54) is 11.0 Å². The van der Waals surface area contributed by atoms with Gasteiger partial charge in [-0.1, -0.05) is 18.2 Å². The summed E-state index contributed by atoms with van der Waals surface area (Å²) in [5.74, 6) is -1.11. The van der Waals surface area contributed by atoms with Gasteiger partial charge in [0.25, 0.3) is 0 Å². The molecule has 0 bridgehead atoms. The normalized spacial score (nSPS) is 23.3. The van der Waals surface area contributed by atoms with E-state index < -0.39 is 23.6 Å². The third-order valence-corrected chi connectivity index (χ3v) is 5.71. The Bertz CT molecular complexity index is 747. The number of hydrogen-bond donors (Lipinski definition) is 1. The van der Waals surface area contributed by atoms with Crippen molar-refractivity contribution in [2.75, 3.05) is 52.9 Å². The summed E-state index contributed by atoms with van der Waals surface area (Å²) in [6.07, 6.45) is -4.45. The standard InChI is InChI=1S/C20H27F3N4O2/c1-3-24-19(29)27-12-16(14-5-4-6-15(11-14)20(21,22)23)17(13-27)18(28)26-9-7-25(2)8-10-26/h4-6,11,16-17H,3,7-10,12-13H2,1-2H3,(H,24,29)/t16-,17-/m0/s1. The molecular weight excluding hydrogens is 385 g/mol. The minimum absolute atomic E-state index is 0.0905. The molecule has 0 aliphatic carbocycles. The van der Waals surface area contributed by atoms with Crippen LogP contribution in [0.25, 0.3) is 0 Å². The van der Waals surface area contributed by atoms with Crippen LogP contribution in [0.1, 0.15) is 24.0 Å². The number of rotatable bonds is 3. The Morgan fingerprint density at radius 3 is 2.41 bits per heavy atom. The van der Waals surface area contributed by atoms with Gasteiger partial charge in [-0.2, -0.15) is 13.2 Å². The molecule has 2 aliphatic heterocycles. The van der Waals surface area contributed by atoms with E-state index in [2.05, 4.69) is 10.2 Å². The first-order valence-corrected chi connectivity index (χ1v) is 9.88. The molecule has 160 valence electrons. The predicted molar refractivity (Wildman–Crippen MR) is 102 cm³/mol. The molecule has 3 rings (SSSR count). The third-order valence-electron chi connectivity index (χ3n) is 5.71. The summed E-state index contributed by atoms with van der Waals surface area (Å²) >= 11 is 0. The average molecular weight is 412 g/mol. The predicted octanol–water partition coefficient (Wildman–Crippen LogP) is 2.22. The van der Waals surface area contributed by atoms with Crippen molar-refractivity contribution >= 4 is 11.9 Å². The van der Waals surface area contributed by atoms with E-state index in [4.69, 9.17) is 0 Å². The number of hydrogen-bond acceptors (Lipinski definition) is 3. The van der Waals surface area contributed by atoms with Gasteiger partial charge in [0, 0.05) is 51.7 Å². The van der Waals surface area contributed by atoms with Crippen LogP contribution in [-0.2, 0) is 11.0 Å². The molecule has 2 aliphatic rings. The molecule has 1 aromatic rings. The van der Waals surface area contributed by atoms with E-state index in [1.54, 1.807) is 17.9 Å². The number of nitrogens with one attached hydrogen (secondary N) is 1. The van der Waals surface area contributed by atoms with Crippen LogP contribution in [0.3, 0.4) is 0 Å². The Morgan fingerprint density at radius 1 is 1.10 bits per heavy atom. The number of likely N-dealkylation sites (N-methyl/N-ethyl adjacent to an activating group) is 1. The smallest absolute Gasteiger partial charge is 0.340 e. The maximum Gasteiger partial charge on any atom is 0.416 e. The number of carbonyl (C=O) groups is 2. The summed E-state index contributed by atoms with van der Waals surface area (Å²) in [4.78, 5) is 31.0. The quantitative estimate of drug-likeness (QED) is 0.829. The molecule has 2 saturated heterocycles. The van der Waals surface area contributed by atoms with Crippen LogP contribution in [-0.4, -0.2) is 79.5 Å². The van der Waals surface area contributed by atoms with E-state index >= 15 is 0 Å². The first kappa shape index (κ1) is 21.4. The van der Waals surface area contributed by atoms with Crippen LogP contribution < -0.4 is 5.32 Å². The molecule has 9 heteroatoms. The Hall–Kier alpha value is -2.29. The number of piperazine rings is 1. The Labute approximate surface area is 168 Å². The molecule has 0 aromatic heterocycles. The lowest BCUT2D eigenvalue weighted by Crippen LogP contribution is -2.50. The van der Waals surface area contributed by atoms with Crippen LogP contribution in [0.5, 0.6) is 0 Å². The van der Waals surface area contributed by atoms with Crippen LogP contribution in [0.15, 0.2) is 24.3 Å². The van der Waals surface area contributed by atoms with Crippen LogP contribution in [0.4, 0.5) is 18.0 Å². The second-order valence-electron chi connectivity index (χ2n) is 7.71. The van der Waals surface area contributed by atoms with Crippen molar-refractivity contribution in [2.45, 2.75) is 19.0 Å². The Balaban J connectivity index is 1.87. The van der Waals surface area contributed by atoms with Crippen LogP contribution in [0, 0.1) is 5.92 Å². The van der Waals surface area contributed by atoms with Crippen molar-refractivity contribution in [3.8, 4) is 0 Å². The summed E-state index contributed by atoms with van der Waals surface area (Å²) in [7, 11) is 1.99. The zero-order valence-electron chi connectivity index (χ0n) is 16.7. The van der Waals surface area contributed by atoms with E-state index in [1.807, 2.05) is 7.05 Å². The van der Waals surface area contributed by atoms with Gasteiger partial charge in [-0.05, 0) is 25.6 Å². The number of benzene rings is 1. The SMILES string of the molecule is CCNC(=O)N1C[C@H](C(=O)N2CCN(C)CC2)[C@H](c2cccc(C(F)(F)F)c2)C1. The van der Waals surface area contributed by atoms with Gasteiger partial charge in [-0.25, -0.2) is 4.79 Å². The Morgan fingerprint density at radius 2 is 1.79 bits per heavy atom. The maximum absolute atomic E-state index is 13.2. The first-order valence-electron chi connectivity index (χ1n) is 9.88. The van der Waals surface area contributed by atoms with E-state index in [9.17, 15) is 22.8 Å². The summed E-state index contributed by atoms with van der Waals surface area (Å²) in [5, 5.41) is 2.72. The molecule has 29 heavy (non-hydrogen) atoms. The maximum atomic E-state index is 13.2. The summed E-state index contributed by atoms with van der Waals surface area (Å²) in [5.41, 5.74) is -0.295. The molecule has 6 nitrogen and oxygen atoms in total. The van der Waals surface area contributed by atoms with E-state index in [0.29, 0.717) is 25.2 Å². The Kier molecular flexibility index (Phi) is 6.36. The molecule has 0 unspecified atom stereocenters. The number of likely N-dealkylation sites (tertiary alicyclic amines) is 1. The third kappa shape index (κ3) is 4.83. The fourth-order valence-corrected chi connectivity index (χ4v) is 4.03. The fraction of sp³-hybridized carbons (Fsp3) is 0.600. The van der Waals surface area contributed by atoms with Crippen molar-refractivity contribution < 1.29 is 22.8 Å². The highest BCUT2D eigenvalue weighted by molar-refractivity contribution is 5.83. The molecule has 0 saturated carbocycles. The average Bonchev–Trinajstić information content (AvgIpc) is 3.13. The highest BCUT2D eigenvalue weighted by Gasteiger charge is 2.43. The van der Waals surface area contributed by atoms with Crippen molar-refractivity contribution in [3.63, 3.8) is 0 Å². The summed E-state index contributed by atoms with van der Waals surface area (Å²) in [6.45, 7) is 5.35. The number of carbonyl (C=O) groups excluding carboxylic acids is 2. The lowest BCUT2D eigenvalue weighted by atomic mass is 9.87. The topological polar surface area (TPSA) is 55.9 Å². The van der Waals surface area contributed by atoms with Gasteiger partial charge >= 0.3 is 12.2 Å². The number of alkyl halides is 3. The fourth-order valence-electron chi connectivity index (χ4n) is 4.03.